The maximum atomic E-state index is 11.1. The molecule has 0 aromatic heterocycles. The van der Waals surface area contributed by atoms with Gasteiger partial charge in [0, 0.05) is 0 Å². The summed E-state index contributed by atoms with van der Waals surface area (Å²) >= 11 is 0. The van der Waals surface area contributed by atoms with Gasteiger partial charge >= 0.3 is 6.16 Å². The molecule has 0 spiro atoms. The van der Waals surface area contributed by atoms with Crippen molar-refractivity contribution >= 4 is 6.16 Å². The summed E-state index contributed by atoms with van der Waals surface area (Å²) in [6.07, 6.45) is -0.851. The van der Waals surface area contributed by atoms with Crippen LogP contribution in [-0.2, 0) is 9.47 Å². The molecule has 1 unspecified atom stereocenters. The highest BCUT2D eigenvalue weighted by atomic mass is 16.7. The summed E-state index contributed by atoms with van der Waals surface area (Å²) in [4.78, 5) is 11.1. The quantitative estimate of drug-likeness (QED) is 0.644. The Morgan fingerprint density at radius 3 is 1.79 bits per heavy atom. The Kier molecular flexibility index (Phi) is 6.61. The van der Waals surface area contributed by atoms with Gasteiger partial charge in [0.05, 0.1) is 6.10 Å². The average Bonchev–Trinajstić information content (AvgIpc) is 1.82. The monoisotopic (exact) mass is 204 g/mol. The lowest BCUT2D eigenvalue weighted by atomic mass is 9.90. The molecular formula is C11H24O3. The summed E-state index contributed by atoms with van der Waals surface area (Å²) in [5.74, 6) is 0. The Labute approximate surface area is 87.8 Å². The van der Waals surface area contributed by atoms with E-state index in [1.807, 2.05) is 27.7 Å². The van der Waals surface area contributed by atoms with Crippen LogP contribution < -0.4 is 0 Å². The second kappa shape index (κ2) is 5.89. The fraction of sp³-hybridized carbons (Fsp3) is 0.909. The van der Waals surface area contributed by atoms with Gasteiger partial charge in [0.2, 0.25) is 0 Å². The summed E-state index contributed by atoms with van der Waals surface area (Å²) < 4.78 is 9.92. The normalized spacial score (nSPS) is 13.1. The molecule has 0 rings (SSSR count). The van der Waals surface area contributed by atoms with Crippen molar-refractivity contribution in [3.05, 3.63) is 0 Å². The minimum atomic E-state index is -0.586. The van der Waals surface area contributed by atoms with E-state index in [0.717, 1.165) is 0 Å². The Balaban J connectivity index is 0. The van der Waals surface area contributed by atoms with Crippen molar-refractivity contribution in [3.8, 4) is 0 Å². The van der Waals surface area contributed by atoms with E-state index in [2.05, 4.69) is 0 Å². The van der Waals surface area contributed by atoms with E-state index in [-0.39, 0.29) is 25.0 Å². The van der Waals surface area contributed by atoms with Gasteiger partial charge in [0.1, 0.15) is 6.10 Å². The summed E-state index contributed by atoms with van der Waals surface area (Å²) in [6, 6.07) is 0. The van der Waals surface area contributed by atoms with Crippen molar-refractivity contribution in [1.82, 2.24) is 0 Å². The molecule has 1 atom stereocenters. The van der Waals surface area contributed by atoms with Crippen LogP contribution in [0.5, 0.6) is 0 Å². The number of carbonyl (C=O) groups excluding carboxylic acids is 1. The van der Waals surface area contributed by atoms with Crippen molar-refractivity contribution in [2.45, 2.75) is 61.2 Å². The fourth-order valence-corrected chi connectivity index (χ4v) is 0.541. The highest BCUT2D eigenvalue weighted by Crippen LogP contribution is 2.22. The molecule has 86 valence electrons. The number of hydrogen-bond donors (Lipinski definition) is 0. The highest BCUT2D eigenvalue weighted by molar-refractivity contribution is 5.60. The van der Waals surface area contributed by atoms with E-state index < -0.39 is 6.16 Å². The Morgan fingerprint density at radius 2 is 1.50 bits per heavy atom. The molecule has 0 amide bonds. The van der Waals surface area contributed by atoms with Crippen molar-refractivity contribution in [3.63, 3.8) is 0 Å². The molecule has 0 bridgehead atoms. The van der Waals surface area contributed by atoms with E-state index >= 15 is 0 Å². The maximum Gasteiger partial charge on any atom is 0.508 e. The van der Waals surface area contributed by atoms with Gasteiger partial charge in [-0.15, -0.1) is 0 Å². The van der Waals surface area contributed by atoms with Crippen LogP contribution in [0.25, 0.3) is 0 Å². The molecule has 0 radical (unpaired) electrons. The first-order valence-corrected chi connectivity index (χ1v) is 4.60. The largest absolute Gasteiger partial charge is 0.508 e. The van der Waals surface area contributed by atoms with Gasteiger partial charge in [-0.3, -0.25) is 0 Å². The van der Waals surface area contributed by atoms with Gasteiger partial charge in [-0.05, 0) is 26.2 Å². The van der Waals surface area contributed by atoms with Gasteiger partial charge in [-0.25, -0.2) is 4.79 Å². The smallest absolute Gasteiger partial charge is 0.432 e. The van der Waals surface area contributed by atoms with Gasteiger partial charge in [-0.1, -0.05) is 28.2 Å². The summed E-state index contributed by atoms with van der Waals surface area (Å²) in [7, 11) is 0. The third-order valence-electron chi connectivity index (χ3n) is 1.82. The summed E-state index contributed by atoms with van der Waals surface area (Å²) in [6.45, 7) is 11.5. The zero-order valence-corrected chi connectivity index (χ0v) is 9.38. The van der Waals surface area contributed by atoms with Gasteiger partial charge in [-0.2, -0.15) is 0 Å². The first-order chi connectivity index (χ1) is 5.73. The molecule has 0 aliphatic carbocycles. The molecule has 0 aliphatic rings. The van der Waals surface area contributed by atoms with Crippen LogP contribution in [0.3, 0.4) is 0 Å². The molecule has 0 N–H and O–H groups in total. The Morgan fingerprint density at radius 1 is 1.07 bits per heavy atom. The van der Waals surface area contributed by atoms with Crippen LogP contribution in [0.1, 0.15) is 49.0 Å². The minimum Gasteiger partial charge on any atom is -0.432 e. The summed E-state index contributed by atoms with van der Waals surface area (Å²) in [5, 5.41) is 0. The van der Waals surface area contributed by atoms with Crippen LogP contribution in [0, 0.1) is 5.41 Å². The molecule has 14 heavy (non-hydrogen) atoms. The lowest BCUT2D eigenvalue weighted by molar-refractivity contribution is -0.0202. The van der Waals surface area contributed by atoms with E-state index in [9.17, 15) is 4.79 Å². The topological polar surface area (TPSA) is 35.5 Å². The van der Waals surface area contributed by atoms with Crippen LogP contribution >= 0.6 is 0 Å². The van der Waals surface area contributed by atoms with Crippen molar-refractivity contribution in [2.75, 3.05) is 0 Å². The summed E-state index contributed by atoms with van der Waals surface area (Å²) in [5.41, 5.74) is -0.0456. The highest BCUT2D eigenvalue weighted by Gasteiger charge is 2.24. The maximum absolute atomic E-state index is 11.1. The molecule has 3 heteroatoms. The molecule has 0 aromatic carbocycles. The van der Waals surface area contributed by atoms with E-state index in [0.29, 0.717) is 0 Å². The van der Waals surface area contributed by atoms with Crippen molar-refractivity contribution < 1.29 is 14.3 Å². The van der Waals surface area contributed by atoms with E-state index in [1.54, 1.807) is 13.8 Å². The first-order valence-electron chi connectivity index (χ1n) is 4.60. The zero-order chi connectivity index (χ0) is 10.6. The van der Waals surface area contributed by atoms with E-state index in [1.165, 1.54) is 0 Å². The van der Waals surface area contributed by atoms with Crippen LogP contribution in [0.2, 0.25) is 0 Å². The lowest BCUT2D eigenvalue weighted by Crippen LogP contribution is -2.29. The molecule has 0 aromatic rings. The molecule has 0 heterocycles. The van der Waals surface area contributed by atoms with Crippen LogP contribution in [0.15, 0.2) is 0 Å². The molecule has 0 saturated heterocycles. The third-order valence-corrected chi connectivity index (χ3v) is 1.82. The molecule has 0 saturated carbocycles. The van der Waals surface area contributed by atoms with Gasteiger partial charge < -0.3 is 9.47 Å². The Bertz CT molecular complexity index is 168. The number of ether oxygens (including phenoxy) is 2. The average molecular weight is 204 g/mol. The molecule has 0 aliphatic heterocycles. The van der Waals surface area contributed by atoms with Gasteiger partial charge in [0.25, 0.3) is 0 Å². The standard InChI is InChI=1S/C10H20O3.CH4/c1-7(2)12-9(11)13-8(3)10(4,5)6;/h7-8H,1-6H3;1H4. The number of hydrogen-bond acceptors (Lipinski definition) is 3. The minimum absolute atomic E-state index is 0. The lowest BCUT2D eigenvalue weighted by Gasteiger charge is -2.26. The van der Waals surface area contributed by atoms with Crippen molar-refractivity contribution in [1.29, 1.82) is 0 Å². The third kappa shape index (κ3) is 6.75. The van der Waals surface area contributed by atoms with E-state index in [4.69, 9.17) is 9.47 Å². The first kappa shape index (κ1) is 15.7. The molecular weight excluding hydrogens is 180 g/mol. The number of carbonyl (C=O) groups is 1. The SMILES string of the molecule is C.CC(C)OC(=O)OC(C)C(C)(C)C. The number of rotatable bonds is 2. The van der Waals surface area contributed by atoms with Crippen LogP contribution in [0.4, 0.5) is 4.79 Å². The zero-order valence-electron chi connectivity index (χ0n) is 9.38. The van der Waals surface area contributed by atoms with Crippen molar-refractivity contribution in [2.24, 2.45) is 5.41 Å². The second-order valence-electron chi connectivity index (χ2n) is 4.54. The van der Waals surface area contributed by atoms with Gasteiger partial charge in [0.15, 0.2) is 0 Å². The molecule has 0 fully saturated rings. The molecule has 3 nitrogen and oxygen atoms in total. The second-order valence-corrected chi connectivity index (χ2v) is 4.54. The fourth-order valence-electron chi connectivity index (χ4n) is 0.541. The predicted octanol–water partition coefficient (Wildman–Crippen LogP) is 3.62. The predicted molar refractivity (Wildman–Crippen MR) is 58.4 cm³/mol. The van der Waals surface area contributed by atoms with Crippen LogP contribution in [-0.4, -0.2) is 18.4 Å². The Hall–Kier alpha value is -0.730.